The molecule has 1 aliphatic rings. The molecular weight excluding hydrogens is 295 g/mol. The molecule has 1 aromatic rings. The van der Waals surface area contributed by atoms with E-state index in [9.17, 15) is 4.79 Å². The molecule has 96 valence electrons. The first-order valence-electron chi connectivity index (χ1n) is 5.85. The summed E-state index contributed by atoms with van der Waals surface area (Å²) in [5, 5.41) is 2.84. The molecule has 1 aliphatic heterocycles. The van der Waals surface area contributed by atoms with Gasteiger partial charge < -0.3 is 0 Å². The van der Waals surface area contributed by atoms with Crippen molar-refractivity contribution in [2.45, 2.75) is 26.3 Å². The van der Waals surface area contributed by atoms with Gasteiger partial charge in [-0.3, -0.25) is 0 Å². The number of fused-ring (bicyclic) bond motifs is 1. The van der Waals surface area contributed by atoms with Crippen LogP contribution in [0.1, 0.15) is 20.3 Å². The first-order valence-corrected chi connectivity index (χ1v) is 7.39. The van der Waals surface area contributed by atoms with Crippen LogP contribution in [0.3, 0.4) is 0 Å². The first kappa shape index (κ1) is 13.2. The minimum atomic E-state index is -0.482. The summed E-state index contributed by atoms with van der Waals surface area (Å²) in [7, 11) is 0. The van der Waals surface area contributed by atoms with Crippen LogP contribution in [0.4, 0.5) is 17.1 Å². The van der Waals surface area contributed by atoms with Crippen molar-refractivity contribution in [3.05, 3.63) is 18.2 Å². The Hall–Kier alpha value is -1.23. The Balaban J connectivity index is 2.09. The number of nitrogens with one attached hydrogen (secondary N) is 1. The second kappa shape index (κ2) is 5.61. The van der Waals surface area contributed by atoms with Crippen molar-refractivity contribution in [1.29, 1.82) is 0 Å². The number of nitrogens with zero attached hydrogens (tertiary/aromatic N) is 2. The van der Waals surface area contributed by atoms with E-state index in [2.05, 4.69) is 13.2 Å². The van der Waals surface area contributed by atoms with Crippen LogP contribution < -0.4 is 11.1 Å². The van der Waals surface area contributed by atoms with Crippen molar-refractivity contribution >= 4 is 37.5 Å². The fourth-order valence-corrected chi connectivity index (χ4v) is 2.90. The van der Waals surface area contributed by atoms with E-state index in [0.29, 0.717) is 18.0 Å². The molecule has 0 saturated carbocycles. The number of hydrogen-bond acceptors (Lipinski definition) is 4. The molecule has 18 heavy (non-hydrogen) atoms. The van der Waals surface area contributed by atoms with Crippen molar-refractivity contribution < 1.29 is 4.79 Å². The van der Waals surface area contributed by atoms with Crippen LogP contribution in [-0.2, 0) is 4.79 Å². The Morgan fingerprint density at radius 1 is 1.44 bits per heavy atom. The second-order valence-corrected chi connectivity index (χ2v) is 5.77. The van der Waals surface area contributed by atoms with E-state index in [1.807, 2.05) is 32.0 Å². The van der Waals surface area contributed by atoms with E-state index in [0.717, 1.165) is 11.4 Å². The van der Waals surface area contributed by atoms with Crippen molar-refractivity contribution in [3.8, 4) is 0 Å². The van der Waals surface area contributed by atoms with E-state index in [-0.39, 0.29) is 20.5 Å². The van der Waals surface area contributed by atoms with Gasteiger partial charge in [0.25, 0.3) is 0 Å². The van der Waals surface area contributed by atoms with Gasteiger partial charge in [0, 0.05) is 0 Å². The second-order valence-electron chi connectivity index (χ2n) is 4.66. The fraction of sp³-hybridized carbons (Fsp3) is 0.417. The molecule has 5 nitrogen and oxygen atoms in total. The fourth-order valence-electron chi connectivity index (χ4n) is 1.75. The third kappa shape index (κ3) is 2.96. The number of carbonyl (C=O) groups excluding carboxylic acids is 1. The summed E-state index contributed by atoms with van der Waals surface area (Å²) in [6.07, 6.45) is 0.673. The van der Waals surface area contributed by atoms with Crippen molar-refractivity contribution in [1.82, 2.24) is 0 Å². The van der Waals surface area contributed by atoms with E-state index in [1.165, 1.54) is 0 Å². The van der Waals surface area contributed by atoms with Crippen LogP contribution in [0.25, 0.3) is 0 Å². The van der Waals surface area contributed by atoms with Gasteiger partial charge in [-0.05, 0) is 0 Å². The van der Waals surface area contributed by atoms with Crippen LogP contribution in [-0.4, -0.2) is 26.5 Å². The summed E-state index contributed by atoms with van der Waals surface area (Å²) in [6, 6.07) is 5.11. The number of rotatable bonds is 4. The maximum atomic E-state index is 11.9. The number of amides is 1. The zero-order valence-corrected chi connectivity index (χ0v) is 12.1. The zero-order valence-electron chi connectivity index (χ0n) is 10.4. The average Bonchev–Trinajstić information content (AvgIpc) is 2.77. The Kier molecular flexibility index (Phi) is 4.11. The summed E-state index contributed by atoms with van der Waals surface area (Å²) < 4.78 is 8.59. The van der Waals surface area contributed by atoms with Crippen LogP contribution in [0.15, 0.2) is 26.1 Å². The van der Waals surface area contributed by atoms with Gasteiger partial charge in [-0.1, -0.05) is 0 Å². The van der Waals surface area contributed by atoms with Gasteiger partial charge in [-0.15, -0.1) is 0 Å². The molecule has 1 aromatic carbocycles. The number of carbonyl (C=O) groups is 1. The Morgan fingerprint density at radius 2 is 2.22 bits per heavy atom. The van der Waals surface area contributed by atoms with Gasteiger partial charge in [-0.25, -0.2) is 0 Å². The molecule has 0 bridgehead atoms. The number of benzene rings is 1. The first-order chi connectivity index (χ1) is 8.58. The molecular formula is C12H16N4OSe. The number of hydrogen-bond donors (Lipinski definition) is 2. The Morgan fingerprint density at radius 3 is 2.94 bits per heavy atom. The SMILES string of the molecule is CC(C)C[C@@H](N)C(=O)Nc1cccc2c1N=[Se]=N2. The van der Waals surface area contributed by atoms with E-state index < -0.39 is 6.04 Å². The molecule has 0 aromatic heterocycles. The maximum absolute atomic E-state index is 11.9. The molecule has 1 atom stereocenters. The molecule has 1 heterocycles. The van der Waals surface area contributed by atoms with Crippen molar-refractivity contribution in [2.24, 2.45) is 19.6 Å². The Labute approximate surface area is 112 Å². The van der Waals surface area contributed by atoms with Crippen molar-refractivity contribution in [2.75, 3.05) is 5.32 Å². The summed E-state index contributed by atoms with van der Waals surface area (Å²) >= 11 is -0.0940. The Bertz CT molecular complexity index is 535. The van der Waals surface area contributed by atoms with Crippen LogP contribution in [0.2, 0.25) is 0 Å². The topological polar surface area (TPSA) is 79.8 Å². The molecule has 1 amide bonds. The van der Waals surface area contributed by atoms with Crippen LogP contribution in [0, 0.1) is 5.92 Å². The number of anilines is 1. The standard InChI is InChI=1S/C12H16N4OSe/c1-7(2)6-8(13)12(17)14-9-4-3-5-10-11(9)16-18-15-10/h3-5,7-8H,6,13H2,1-2H3,(H,14,17)/t8-/m1/s1. The molecule has 0 fully saturated rings. The predicted molar refractivity (Wildman–Crippen MR) is 72.4 cm³/mol. The van der Waals surface area contributed by atoms with Gasteiger partial charge in [0.05, 0.1) is 0 Å². The molecule has 6 heteroatoms. The molecule has 0 spiro atoms. The summed E-state index contributed by atoms with van der Waals surface area (Å²) in [6.45, 7) is 4.09. The van der Waals surface area contributed by atoms with E-state index in [4.69, 9.17) is 5.73 Å². The molecule has 2 rings (SSSR count). The van der Waals surface area contributed by atoms with Gasteiger partial charge in [0.1, 0.15) is 0 Å². The van der Waals surface area contributed by atoms with Gasteiger partial charge in [0.15, 0.2) is 0 Å². The molecule has 0 aliphatic carbocycles. The van der Waals surface area contributed by atoms with E-state index in [1.54, 1.807) is 0 Å². The minimum absolute atomic E-state index is 0.0940. The normalized spacial score (nSPS) is 14.2. The third-order valence-corrected chi connectivity index (χ3v) is 3.74. The zero-order chi connectivity index (χ0) is 13.1. The van der Waals surface area contributed by atoms with Crippen LogP contribution >= 0.6 is 0 Å². The molecule has 0 radical (unpaired) electrons. The van der Waals surface area contributed by atoms with E-state index >= 15 is 0 Å². The third-order valence-electron chi connectivity index (χ3n) is 2.61. The summed E-state index contributed by atoms with van der Waals surface area (Å²) in [5.74, 6) is 0.238. The molecule has 0 unspecified atom stereocenters. The molecule has 0 saturated heterocycles. The summed E-state index contributed by atoms with van der Waals surface area (Å²) in [4.78, 5) is 11.9. The predicted octanol–water partition coefficient (Wildman–Crippen LogP) is 2.35. The van der Waals surface area contributed by atoms with Gasteiger partial charge in [0.2, 0.25) is 0 Å². The quantitative estimate of drug-likeness (QED) is 0.850. The monoisotopic (exact) mass is 312 g/mol. The number of nitrogens with two attached hydrogens (primary N) is 1. The van der Waals surface area contributed by atoms with Gasteiger partial charge >= 0.3 is 112 Å². The van der Waals surface area contributed by atoms with Crippen molar-refractivity contribution in [3.63, 3.8) is 0 Å². The van der Waals surface area contributed by atoms with Gasteiger partial charge in [-0.2, -0.15) is 0 Å². The summed E-state index contributed by atoms with van der Waals surface area (Å²) in [5.41, 5.74) is 8.19. The average molecular weight is 311 g/mol. The van der Waals surface area contributed by atoms with Crippen LogP contribution in [0.5, 0.6) is 0 Å². The molecule has 3 N–H and O–H groups in total.